The highest BCUT2D eigenvalue weighted by Crippen LogP contribution is 2.44. The molecule has 9 rings (SSSR count). The van der Waals surface area contributed by atoms with E-state index in [0.717, 1.165) is 77.7 Å². The molecule has 6 aromatic carbocycles. The van der Waals surface area contributed by atoms with Crippen LogP contribution in [0.4, 0.5) is 5.69 Å². The van der Waals surface area contributed by atoms with Gasteiger partial charge in [-0.05, 0) is 89.4 Å². The first kappa shape index (κ1) is 35.8. The Morgan fingerprint density at radius 3 is 1.93 bits per heavy atom. The van der Waals surface area contributed by atoms with E-state index in [1.54, 1.807) is 18.7 Å². The molecule has 0 atom stereocenters. The summed E-state index contributed by atoms with van der Waals surface area (Å²) < 4.78 is 11.2. The van der Waals surface area contributed by atoms with Crippen molar-refractivity contribution in [2.75, 3.05) is 5.01 Å². The minimum atomic E-state index is -0.645. The van der Waals surface area contributed by atoms with Crippen molar-refractivity contribution in [3.63, 3.8) is 0 Å². The number of nitrogens with zero attached hydrogens (tertiary/aromatic N) is 7. The van der Waals surface area contributed by atoms with Gasteiger partial charge in [-0.3, -0.25) is 0 Å². The van der Waals surface area contributed by atoms with E-state index in [0.29, 0.717) is 11.7 Å². The number of rotatable bonds is 10. The van der Waals surface area contributed by atoms with E-state index in [1.165, 1.54) is 0 Å². The fourth-order valence-electron chi connectivity index (χ4n) is 7.32. The van der Waals surface area contributed by atoms with Crippen molar-refractivity contribution in [2.24, 2.45) is 11.3 Å². The molecule has 0 fully saturated rings. The molecule has 0 unspecified atom stereocenters. The molecule has 0 saturated heterocycles. The second-order valence-corrected chi connectivity index (χ2v) is 14.8. The molecule has 1 aliphatic rings. The topological polar surface area (TPSA) is 71.0 Å². The van der Waals surface area contributed by atoms with Gasteiger partial charge in [0, 0.05) is 39.9 Å². The lowest BCUT2D eigenvalue weighted by molar-refractivity contribution is 0.852. The van der Waals surface area contributed by atoms with Gasteiger partial charge in [0.25, 0.3) is 0 Å². The smallest absolute Gasteiger partial charge is 0.168 e. The van der Waals surface area contributed by atoms with Gasteiger partial charge in [-0.25, -0.2) is 24.6 Å². The maximum absolute atomic E-state index is 4.76. The lowest BCUT2D eigenvalue weighted by atomic mass is 9.94. The molecule has 1 aliphatic heterocycles. The predicted octanol–water partition coefficient (Wildman–Crippen LogP) is 12.9. The van der Waals surface area contributed by atoms with Crippen molar-refractivity contribution in [1.82, 2.24) is 14.6 Å². The van der Waals surface area contributed by atoms with Gasteiger partial charge in [-0.15, -0.1) is 0 Å². The van der Waals surface area contributed by atoms with Crippen LogP contribution in [0.25, 0.3) is 60.8 Å². The van der Waals surface area contributed by atoms with E-state index in [4.69, 9.17) is 6.58 Å². The molecule has 0 aliphatic carbocycles. The van der Waals surface area contributed by atoms with Crippen LogP contribution in [0, 0.1) is 0 Å². The summed E-state index contributed by atoms with van der Waals surface area (Å²) in [7, 11) is 0. The number of allylic oxidation sites excluding steroid dienone is 4. The van der Waals surface area contributed by atoms with Crippen LogP contribution in [-0.4, -0.2) is 26.8 Å². The first-order valence-electron chi connectivity index (χ1n) is 18.6. The summed E-state index contributed by atoms with van der Waals surface area (Å²) in [6, 6.07) is 53.4. The van der Waals surface area contributed by atoms with Crippen molar-refractivity contribution in [3.8, 4) is 33.4 Å². The first-order chi connectivity index (χ1) is 28.2. The normalized spacial score (nSPS) is 12.9. The molecule has 0 N–H and O–H groups in total. The number of aliphatic imine (C=N–C) groups is 1. The van der Waals surface area contributed by atoms with Crippen LogP contribution in [0.3, 0.4) is 0 Å². The van der Waals surface area contributed by atoms with E-state index in [9.17, 15) is 0 Å². The number of benzene rings is 6. The highest BCUT2D eigenvalue weighted by molar-refractivity contribution is 14.1. The summed E-state index contributed by atoms with van der Waals surface area (Å²) in [5, 5.41) is 4.49. The van der Waals surface area contributed by atoms with E-state index in [-0.39, 0.29) is 0 Å². The van der Waals surface area contributed by atoms with Crippen LogP contribution in [0.1, 0.15) is 18.3 Å². The van der Waals surface area contributed by atoms with Gasteiger partial charge in [0.1, 0.15) is 27.6 Å². The summed E-state index contributed by atoms with van der Waals surface area (Å²) in [6.07, 6.45) is 11.2. The number of halogens is 1. The van der Waals surface area contributed by atoms with E-state index in [1.807, 2.05) is 31.2 Å². The zero-order valence-electron chi connectivity index (χ0n) is 31.1. The van der Waals surface area contributed by atoms with Crippen molar-refractivity contribution in [2.45, 2.75) is 6.92 Å². The minimum absolute atomic E-state index is 0.645. The number of hydrogen-bond donors (Lipinski definition) is 0. The molecule has 57 heavy (non-hydrogen) atoms. The Balaban J connectivity index is 1.35. The average molecular weight is 850 g/mol. The van der Waals surface area contributed by atoms with Gasteiger partial charge in [0.05, 0.1) is 22.4 Å². The minimum Gasteiger partial charge on any atom is -0.250 e. The van der Waals surface area contributed by atoms with Crippen molar-refractivity contribution < 1.29 is 0 Å². The number of aromatic nitrogens is 3. The Kier molecular flexibility index (Phi) is 10.1. The van der Waals surface area contributed by atoms with Gasteiger partial charge in [0.2, 0.25) is 0 Å². The third kappa shape index (κ3) is 7.07. The van der Waals surface area contributed by atoms with Crippen LogP contribution >= 0.6 is 21.3 Å². The molecular formula is C49H36IN7. The van der Waals surface area contributed by atoms with Gasteiger partial charge >= 0.3 is 0 Å². The molecule has 274 valence electrons. The van der Waals surface area contributed by atoms with Crippen molar-refractivity contribution in [3.05, 3.63) is 206 Å². The maximum Gasteiger partial charge on any atom is 0.168 e. The van der Waals surface area contributed by atoms with Gasteiger partial charge in [-0.1, -0.05) is 122 Å². The Hall–Kier alpha value is -6.91. The Morgan fingerprint density at radius 2 is 1.28 bits per heavy atom. The Bertz CT molecular complexity index is 2890. The fourth-order valence-corrected chi connectivity index (χ4v) is 8.28. The largest absolute Gasteiger partial charge is 0.250 e. The number of amidine groups is 1. The molecule has 0 radical (unpaired) electrons. The van der Waals surface area contributed by atoms with Crippen LogP contribution < -0.4 is 5.01 Å². The third-order valence-corrected chi connectivity index (χ3v) is 11.1. The SMILES string of the molecule is C=C(/C=C\C(=C/C)c1ncccn1)N(c1ccc(C2=NC=NI=N2)cc1)n1c2ccc(-c3ccccc3)cc2c2c(-c3ccccc3)ccc(-c3ccccc3)c21. The number of anilines is 1. The summed E-state index contributed by atoms with van der Waals surface area (Å²) in [5.41, 5.74) is 12.4. The summed E-state index contributed by atoms with van der Waals surface area (Å²) in [4.78, 5) is 13.5. The van der Waals surface area contributed by atoms with E-state index in [2.05, 4.69) is 177 Å². The molecule has 8 aromatic rings. The van der Waals surface area contributed by atoms with Crippen LogP contribution in [0.2, 0.25) is 0 Å². The summed E-state index contributed by atoms with van der Waals surface area (Å²) >= 11 is -0.645. The lowest BCUT2D eigenvalue weighted by Crippen LogP contribution is -2.27. The summed E-state index contributed by atoms with van der Waals surface area (Å²) in [5.74, 6) is 1.35. The Labute approximate surface area is 341 Å². The molecule has 3 heterocycles. The average Bonchev–Trinajstić information content (AvgIpc) is 3.62. The number of fused-ring (bicyclic) bond motifs is 3. The number of hydrogen-bond acceptors (Lipinski definition) is 6. The molecule has 7 nitrogen and oxygen atoms in total. The van der Waals surface area contributed by atoms with Gasteiger partial charge < -0.3 is 0 Å². The van der Waals surface area contributed by atoms with Crippen LogP contribution in [0.5, 0.6) is 0 Å². The van der Waals surface area contributed by atoms with Crippen molar-refractivity contribution in [1.29, 1.82) is 0 Å². The highest BCUT2D eigenvalue weighted by Gasteiger charge is 2.25. The second kappa shape index (κ2) is 16.1. The quantitative estimate of drug-likeness (QED) is 0.102. The standard InChI is InChI=1S/C49H36IN7/c1-3-35(48-51-30-13-31-52-48)21-20-34(2)56(41-25-22-39(23-26-41)49-53-33-54-50-55-49)57-45-29-24-40(36-14-7-4-8-15-36)32-44(45)46-42(37-16-9-5-10-17-37)27-28-43(47(46)57)38-18-11-6-12-19-38/h3-33H,2H2,1H3/b21-20-,35-3+. The molecule has 0 amide bonds. The molecule has 0 bridgehead atoms. The van der Waals surface area contributed by atoms with Gasteiger partial charge in [-0.2, -0.15) is 6.35 Å². The highest BCUT2D eigenvalue weighted by atomic mass is 127. The molecule has 0 saturated carbocycles. The zero-order valence-corrected chi connectivity index (χ0v) is 33.3. The molecule has 2 aromatic heterocycles. The van der Waals surface area contributed by atoms with E-state index >= 15 is 0 Å². The van der Waals surface area contributed by atoms with E-state index < -0.39 is 21.3 Å². The molecule has 8 heteroatoms. The molecular weight excluding hydrogens is 813 g/mol. The maximum atomic E-state index is 4.76. The van der Waals surface area contributed by atoms with Crippen LogP contribution in [-0.2, 0) is 0 Å². The third-order valence-electron chi connectivity index (χ3n) is 9.98. The Morgan fingerprint density at radius 1 is 0.649 bits per heavy atom. The molecule has 0 spiro atoms. The van der Waals surface area contributed by atoms with Gasteiger partial charge in [0.15, 0.2) is 11.7 Å². The summed E-state index contributed by atoms with van der Waals surface area (Å²) in [6.45, 7) is 6.75. The monoisotopic (exact) mass is 849 g/mol. The zero-order chi connectivity index (χ0) is 38.6. The van der Waals surface area contributed by atoms with Crippen molar-refractivity contribution >= 4 is 66.5 Å². The first-order valence-corrected chi connectivity index (χ1v) is 20.5. The lowest BCUT2D eigenvalue weighted by Gasteiger charge is -2.29. The fraction of sp³-hybridized carbons (Fsp3) is 0.0204. The predicted molar refractivity (Wildman–Crippen MR) is 246 cm³/mol. The van der Waals surface area contributed by atoms with Crippen LogP contribution in [0.15, 0.2) is 206 Å². The second-order valence-electron chi connectivity index (χ2n) is 13.4.